The molecule has 4 nitrogen and oxygen atoms in total. The predicted molar refractivity (Wildman–Crippen MR) is 102 cm³/mol. The molecule has 0 radical (unpaired) electrons. The Kier molecular flexibility index (Phi) is 5.23. The zero-order chi connectivity index (χ0) is 18.8. The molecule has 4 rings (SSSR count). The standard InChI is InChI=1S/C22H25FN2O2/c1-27-21-18-5-3-2-4-16(18)12-19(21)25-22(26)20(24-13-14-6-7-14)15-8-10-17(23)11-9-15/h2-5,8-11,14,19-21,24H,6-7,12-13H2,1H3,(H,25,26)/t19-,20+,21-/m1/s1. The molecule has 0 aliphatic heterocycles. The molecule has 1 amide bonds. The fraction of sp³-hybridized carbons (Fsp3) is 0.409. The lowest BCUT2D eigenvalue weighted by Crippen LogP contribution is -2.45. The molecule has 2 aromatic rings. The SMILES string of the molecule is CO[C@@H]1c2ccccc2C[C@H]1NC(=O)[C@@H](NCC1CC1)c1ccc(F)cc1. The smallest absolute Gasteiger partial charge is 0.242 e. The fourth-order valence-corrected chi connectivity index (χ4v) is 3.87. The molecular formula is C22H25FN2O2. The second-order valence-corrected chi connectivity index (χ2v) is 7.51. The maximum atomic E-state index is 13.3. The summed E-state index contributed by atoms with van der Waals surface area (Å²) in [6.07, 6.45) is 3.00. The van der Waals surface area contributed by atoms with E-state index in [1.165, 1.54) is 30.5 Å². The van der Waals surface area contributed by atoms with Gasteiger partial charge in [0, 0.05) is 7.11 Å². The number of carbonyl (C=O) groups is 1. The molecular weight excluding hydrogens is 343 g/mol. The number of benzene rings is 2. The van der Waals surface area contributed by atoms with E-state index in [1.807, 2.05) is 12.1 Å². The number of halogens is 1. The van der Waals surface area contributed by atoms with Crippen LogP contribution >= 0.6 is 0 Å². The number of nitrogens with one attached hydrogen (secondary N) is 2. The Balaban J connectivity index is 1.50. The molecule has 5 heteroatoms. The Bertz CT molecular complexity index is 804. The van der Waals surface area contributed by atoms with Gasteiger partial charge in [-0.15, -0.1) is 0 Å². The quantitative estimate of drug-likeness (QED) is 0.788. The van der Waals surface area contributed by atoms with Crippen LogP contribution in [-0.2, 0) is 16.0 Å². The summed E-state index contributed by atoms with van der Waals surface area (Å²) >= 11 is 0. The van der Waals surface area contributed by atoms with Crippen LogP contribution in [0, 0.1) is 11.7 Å². The number of ether oxygens (including phenoxy) is 1. The van der Waals surface area contributed by atoms with Crippen molar-refractivity contribution in [3.8, 4) is 0 Å². The van der Waals surface area contributed by atoms with E-state index in [9.17, 15) is 9.18 Å². The minimum absolute atomic E-state index is 0.0953. The first-order valence-electron chi connectivity index (χ1n) is 9.55. The summed E-state index contributed by atoms with van der Waals surface area (Å²) in [6, 6.07) is 13.7. The van der Waals surface area contributed by atoms with Crippen LogP contribution in [0.3, 0.4) is 0 Å². The molecule has 0 unspecified atom stereocenters. The highest BCUT2D eigenvalue weighted by Crippen LogP contribution is 2.34. The Hall–Kier alpha value is -2.24. The highest BCUT2D eigenvalue weighted by Gasteiger charge is 2.35. The van der Waals surface area contributed by atoms with Crippen molar-refractivity contribution in [1.82, 2.24) is 10.6 Å². The van der Waals surface area contributed by atoms with Crippen molar-refractivity contribution in [2.75, 3.05) is 13.7 Å². The molecule has 142 valence electrons. The molecule has 2 aromatic carbocycles. The van der Waals surface area contributed by atoms with E-state index < -0.39 is 6.04 Å². The number of fused-ring (bicyclic) bond motifs is 1. The van der Waals surface area contributed by atoms with Gasteiger partial charge in [-0.05, 0) is 60.5 Å². The Morgan fingerprint density at radius 2 is 1.93 bits per heavy atom. The molecule has 3 atom stereocenters. The molecule has 2 aliphatic carbocycles. The largest absolute Gasteiger partial charge is 0.375 e. The van der Waals surface area contributed by atoms with Gasteiger partial charge in [-0.3, -0.25) is 4.79 Å². The van der Waals surface area contributed by atoms with Crippen molar-refractivity contribution in [3.63, 3.8) is 0 Å². The molecule has 27 heavy (non-hydrogen) atoms. The van der Waals surface area contributed by atoms with Gasteiger partial charge in [-0.1, -0.05) is 36.4 Å². The Morgan fingerprint density at radius 1 is 1.19 bits per heavy atom. The summed E-state index contributed by atoms with van der Waals surface area (Å²) in [6.45, 7) is 0.800. The molecule has 0 saturated heterocycles. The van der Waals surface area contributed by atoms with Crippen LogP contribution in [0.15, 0.2) is 48.5 Å². The van der Waals surface area contributed by atoms with Gasteiger partial charge in [0.1, 0.15) is 18.0 Å². The average Bonchev–Trinajstić information content (AvgIpc) is 3.43. The van der Waals surface area contributed by atoms with E-state index >= 15 is 0 Å². The van der Waals surface area contributed by atoms with Gasteiger partial charge in [-0.25, -0.2) is 4.39 Å². The Morgan fingerprint density at radius 3 is 2.63 bits per heavy atom. The molecule has 2 aliphatic rings. The van der Waals surface area contributed by atoms with Crippen molar-refractivity contribution in [2.24, 2.45) is 5.92 Å². The highest BCUT2D eigenvalue weighted by molar-refractivity contribution is 5.83. The zero-order valence-electron chi connectivity index (χ0n) is 15.5. The van der Waals surface area contributed by atoms with Crippen molar-refractivity contribution in [2.45, 2.75) is 37.5 Å². The van der Waals surface area contributed by atoms with Crippen LogP contribution in [0.2, 0.25) is 0 Å². The van der Waals surface area contributed by atoms with Gasteiger partial charge < -0.3 is 15.4 Å². The minimum atomic E-state index is -0.493. The van der Waals surface area contributed by atoms with E-state index in [0.717, 1.165) is 24.1 Å². The van der Waals surface area contributed by atoms with Crippen LogP contribution in [0.25, 0.3) is 0 Å². The van der Waals surface area contributed by atoms with Gasteiger partial charge in [0.2, 0.25) is 5.91 Å². The fourth-order valence-electron chi connectivity index (χ4n) is 3.87. The number of hydrogen-bond donors (Lipinski definition) is 2. The number of methoxy groups -OCH3 is 1. The van der Waals surface area contributed by atoms with Crippen LogP contribution < -0.4 is 10.6 Å². The van der Waals surface area contributed by atoms with E-state index in [-0.39, 0.29) is 23.9 Å². The van der Waals surface area contributed by atoms with Crippen molar-refractivity contribution < 1.29 is 13.9 Å². The summed E-state index contributed by atoms with van der Waals surface area (Å²) in [4.78, 5) is 13.1. The van der Waals surface area contributed by atoms with Crippen LogP contribution in [0.5, 0.6) is 0 Å². The van der Waals surface area contributed by atoms with Gasteiger partial charge in [0.05, 0.1) is 6.04 Å². The third-order valence-electron chi connectivity index (χ3n) is 5.52. The summed E-state index contributed by atoms with van der Waals surface area (Å²) in [5.74, 6) is 0.246. The lowest BCUT2D eigenvalue weighted by molar-refractivity contribution is -0.125. The molecule has 0 spiro atoms. The van der Waals surface area contributed by atoms with Crippen molar-refractivity contribution >= 4 is 5.91 Å². The van der Waals surface area contributed by atoms with Crippen LogP contribution in [0.4, 0.5) is 4.39 Å². The third kappa shape index (κ3) is 4.04. The molecule has 2 N–H and O–H groups in total. The van der Waals surface area contributed by atoms with Crippen LogP contribution in [-0.4, -0.2) is 25.6 Å². The summed E-state index contributed by atoms with van der Waals surface area (Å²) in [5.41, 5.74) is 3.12. The van der Waals surface area contributed by atoms with Crippen LogP contribution in [0.1, 0.15) is 41.7 Å². The Labute approximate surface area is 159 Å². The number of amides is 1. The summed E-state index contributed by atoms with van der Waals surface area (Å²) in [5, 5.41) is 6.53. The topological polar surface area (TPSA) is 50.4 Å². The highest BCUT2D eigenvalue weighted by atomic mass is 19.1. The predicted octanol–water partition coefficient (Wildman–Crippen LogP) is 3.30. The second-order valence-electron chi connectivity index (χ2n) is 7.51. The summed E-state index contributed by atoms with van der Waals surface area (Å²) in [7, 11) is 1.68. The molecule has 1 fully saturated rings. The van der Waals surface area contributed by atoms with E-state index in [4.69, 9.17) is 4.74 Å². The minimum Gasteiger partial charge on any atom is -0.375 e. The first-order chi connectivity index (χ1) is 13.2. The maximum Gasteiger partial charge on any atom is 0.242 e. The monoisotopic (exact) mass is 368 g/mol. The molecule has 0 bridgehead atoms. The first kappa shape index (κ1) is 18.1. The first-order valence-corrected chi connectivity index (χ1v) is 9.55. The number of rotatable bonds is 7. The van der Waals surface area contributed by atoms with E-state index in [0.29, 0.717) is 5.92 Å². The average molecular weight is 368 g/mol. The second kappa shape index (κ2) is 7.79. The maximum absolute atomic E-state index is 13.3. The molecule has 0 heterocycles. The van der Waals surface area contributed by atoms with Gasteiger partial charge in [-0.2, -0.15) is 0 Å². The third-order valence-corrected chi connectivity index (χ3v) is 5.52. The summed E-state index contributed by atoms with van der Waals surface area (Å²) < 4.78 is 19.0. The van der Waals surface area contributed by atoms with E-state index in [2.05, 4.69) is 22.8 Å². The normalized spacial score (nSPS) is 22.3. The van der Waals surface area contributed by atoms with Crippen molar-refractivity contribution in [3.05, 3.63) is 71.0 Å². The van der Waals surface area contributed by atoms with Gasteiger partial charge >= 0.3 is 0 Å². The van der Waals surface area contributed by atoms with E-state index in [1.54, 1.807) is 19.2 Å². The molecule has 1 saturated carbocycles. The number of carbonyl (C=O) groups excluding carboxylic acids is 1. The molecule has 0 aromatic heterocycles. The zero-order valence-corrected chi connectivity index (χ0v) is 15.5. The number of hydrogen-bond acceptors (Lipinski definition) is 3. The lowest BCUT2D eigenvalue weighted by Gasteiger charge is -2.25. The van der Waals surface area contributed by atoms with Gasteiger partial charge in [0.25, 0.3) is 0 Å². The van der Waals surface area contributed by atoms with Crippen molar-refractivity contribution in [1.29, 1.82) is 0 Å². The van der Waals surface area contributed by atoms with Gasteiger partial charge in [0.15, 0.2) is 0 Å². The lowest BCUT2D eigenvalue weighted by atomic mass is 10.0.